The third-order valence-corrected chi connectivity index (χ3v) is 6.50. The predicted molar refractivity (Wildman–Crippen MR) is 93.2 cm³/mol. The van der Waals surface area contributed by atoms with Crippen molar-refractivity contribution >= 4 is 36.9 Å². The van der Waals surface area contributed by atoms with Crippen molar-refractivity contribution in [3.8, 4) is 0 Å². The number of rotatable bonds is 6. The second-order valence-electron chi connectivity index (χ2n) is 6.55. The minimum absolute atomic E-state index is 0.196. The van der Waals surface area contributed by atoms with E-state index >= 15 is 0 Å². The molecule has 126 valence electrons. The van der Waals surface area contributed by atoms with E-state index in [0.29, 0.717) is 10.4 Å². The van der Waals surface area contributed by atoms with Crippen LogP contribution < -0.4 is 4.72 Å². The molecule has 0 radical (unpaired) electrons. The average molecular weight is 403 g/mol. The number of hydrogen-bond donors (Lipinski definition) is 1. The number of nitrogens with one attached hydrogen (secondary N) is 1. The summed E-state index contributed by atoms with van der Waals surface area (Å²) in [6.45, 7) is 5.21. The summed E-state index contributed by atoms with van der Waals surface area (Å²) in [5.74, 6) is 0.0940. The first-order chi connectivity index (χ1) is 10.8. The first-order valence-electron chi connectivity index (χ1n) is 7.73. The van der Waals surface area contributed by atoms with Gasteiger partial charge in [-0.15, -0.1) is 0 Å². The molecule has 4 nitrogen and oxygen atoms in total. The SMILES string of the molecule is CC(C)Cn1cc(CNS(=O)(=O)C2CC2)c2cc(F)c(Br)cc21. The lowest BCUT2D eigenvalue weighted by Gasteiger charge is -2.08. The molecule has 23 heavy (non-hydrogen) atoms. The van der Waals surface area contributed by atoms with Crippen molar-refractivity contribution in [3.05, 3.63) is 34.2 Å². The van der Waals surface area contributed by atoms with Gasteiger partial charge in [0, 0.05) is 30.2 Å². The summed E-state index contributed by atoms with van der Waals surface area (Å²) in [4.78, 5) is 0. The number of sulfonamides is 1. The van der Waals surface area contributed by atoms with Crippen LogP contribution in [-0.2, 0) is 23.1 Å². The molecule has 0 unspecified atom stereocenters. The van der Waals surface area contributed by atoms with E-state index in [1.165, 1.54) is 6.07 Å². The van der Waals surface area contributed by atoms with Crippen LogP contribution >= 0.6 is 15.9 Å². The molecule has 2 aromatic rings. The fourth-order valence-corrected chi connectivity index (χ4v) is 4.40. The Morgan fingerprint density at radius 1 is 1.39 bits per heavy atom. The van der Waals surface area contributed by atoms with E-state index in [0.717, 1.165) is 35.9 Å². The molecule has 1 aliphatic carbocycles. The highest BCUT2D eigenvalue weighted by Gasteiger charge is 2.35. The van der Waals surface area contributed by atoms with Gasteiger partial charge < -0.3 is 4.57 Å². The van der Waals surface area contributed by atoms with Gasteiger partial charge >= 0.3 is 0 Å². The minimum atomic E-state index is -3.25. The summed E-state index contributed by atoms with van der Waals surface area (Å²) < 4.78 is 43.1. The molecule has 0 bridgehead atoms. The number of nitrogens with zero attached hydrogens (tertiary/aromatic N) is 1. The zero-order valence-corrected chi connectivity index (χ0v) is 15.5. The lowest BCUT2D eigenvalue weighted by molar-refractivity contribution is 0.534. The summed E-state index contributed by atoms with van der Waals surface area (Å²) >= 11 is 3.22. The maximum absolute atomic E-state index is 13.9. The summed E-state index contributed by atoms with van der Waals surface area (Å²) in [5, 5.41) is 0.502. The van der Waals surface area contributed by atoms with Crippen LogP contribution in [0.3, 0.4) is 0 Å². The maximum atomic E-state index is 13.9. The summed E-state index contributed by atoms with van der Waals surface area (Å²) in [5.41, 5.74) is 1.71. The highest BCUT2D eigenvalue weighted by Crippen LogP contribution is 2.30. The van der Waals surface area contributed by atoms with Gasteiger partial charge in [-0.3, -0.25) is 0 Å². The van der Waals surface area contributed by atoms with Crippen molar-refractivity contribution in [2.45, 2.75) is 45.0 Å². The largest absolute Gasteiger partial charge is 0.347 e. The Morgan fingerprint density at radius 3 is 2.70 bits per heavy atom. The quantitative estimate of drug-likeness (QED) is 0.798. The molecule has 3 rings (SSSR count). The third kappa shape index (κ3) is 3.61. The monoisotopic (exact) mass is 402 g/mol. The van der Waals surface area contributed by atoms with Crippen molar-refractivity contribution in [3.63, 3.8) is 0 Å². The number of fused-ring (bicyclic) bond motifs is 1. The molecule has 7 heteroatoms. The van der Waals surface area contributed by atoms with Gasteiger partial charge in [-0.2, -0.15) is 0 Å². The highest BCUT2D eigenvalue weighted by molar-refractivity contribution is 9.10. The fourth-order valence-electron chi connectivity index (χ4n) is 2.72. The van der Waals surface area contributed by atoms with Crippen molar-refractivity contribution in [2.24, 2.45) is 5.92 Å². The molecule has 0 amide bonds. The van der Waals surface area contributed by atoms with Gasteiger partial charge in [0.25, 0.3) is 0 Å². The molecule has 1 saturated carbocycles. The van der Waals surface area contributed by atoms with Crippen LogP contribution in [0.4, 0.5) is 4.39 Å². The van der Waals surface area contributed by atoms with Crippen molar-refractivity contribution in [2.75, 3.05) is 0 Å². The first-order valence-corrected chi connectivity index (χ1v) is 10.1. The van der Waals surface area contributed by atoms with Crippen LogP contribution in [0.5, 0.6) is 0 Å². The summed E-state index contributed by atoms with van der Waals surface area (Å²) in [6, 6.07) is 3.23. The van der Waals surface area contributed by atoms with Crippen LogP contribution in [0.2, 0.25) is 0 Å². The second kappa shape index (κ2) is 6.18. The lowest BCUT2D eigenvalue weighted by Crippen LogP contribution is -2.26. The molecule has 0 atom stereocenters. The Hall–Kier alpha value is -0.920. The molecular formula is C16H20BrFN2O2S. The van der Waals surface area contributed by atoms with E-state index in [1.807, 2.05) is 6.20 Å². The van der Waals surface area contributed by atoms with E-state index in [4.69, 9.17) is 0 Å². The van der Waals surface area contributed by atoms with Gasteiger partial charge in [-0.05, 0) is 52.4 Å². The van der Waals surface area contributed by atoms with E-state index < -0.39 is 10.0 Å². The molecule has 1 aliphatic rings. The number of hydrogen-bond acceptors (Lipinski definition) is 2. The zero-order chi connectivity index (χ0) is 16.8. The van der Waals surface area contributed by atoms with E-state index in [-0.39, 0.29) is 17.6 Å². The Labute approximate surface area is 144 Å². The molecule has 1 aromatic heterocycles. The highest BCUT2D eigenvalue weighted by atomic mass is 79.9. The topological polar surface area (TPSA) is 51.1 Å². The molecule has 0 aliphatic heterocycles. The van der Waals surface area contributed by atoms with Crippen molar-refractivity contribution < 1.29 is 12.8 Å². The predicted octanol–water partition coefficient (Wildman–Crippen LogP) is 3.78. The molecule has 1 N–H and O–H groups in total. The molecule has 1 heterocycles. The van der Waals surface area contributed by atoms with Gasteiger partial charge in [-0.1, -0.05) is 13.8 Å². The third-order valence-electron chi connectivity index (χ3n) is 3.99. The van der Waals surface area contributed by atoms with E-state index in [1.54, 1.807) is 6.07 Å². The van der Waals surface area contributed by atoms with Gasteiger partial charge in [0.05, 0.1) is 9.72 Å². The van der Waals surface area contributed by atoms with Crippen molar-refractivity contribution in [1.29, 1.82) is 0 Å². The number of benzene rings is 1. The van der Waals surface area contributed by atoms with Gasteiger partial charge in [0.2, 0.25) is 10.0 Å². The van der Waals surface area contributed by atoms with Crippen LogP contribution in [0.1, 0.15) is 32.3 Å². The first kappa shape index (κ1) is 16.9. The normalized spacial score (nSPS) is 15.7. The molecule has 1 fully saturated rings. The van der Waals surface area contributed by atoms with Crippen LogP contribution in [0.15, 0.2) is 22.8 Å². The van der Waals surface area contributed by atoms with Crippen LogP contribution in [0, 0.1) is 11.7 Å². The summed E-state index contributed by atoms with van der Waals surface area (Å²) in [6.07, 6.45) is 3.38. The Bertz CT molecular complexity index is 841. The molecular weight excluding hydrogens is 383 g/mol. The van der Waals surface area contributed by atoms with Gasteiger partial charge in [-0.25, -0.2) is 17.5 Å². The van der Waals surface area contributed by atoms with Crippen molar-refractivity contribution in [1.82, 2.24) is 9.29 Å². The Kier molecular flexibility index (Phi) is 4.55. The Morgan fingerprint density at radius 2 is 2.09 bits per heavy atom. The fraction of sp³-hybridized carbons (Fsp3) is 0.500. The lowest BCUT2D eigenvalue weighted by atomic mass is 10.2. The van der Waals surface area contributed by atoms with E-state index in [2.05, 4.69) is 39.1 Å². The second-order valence-corrected chi connectivity index (χ2v) is 9.45. The average Bonchev–Trinajstić information content (AvgIpc) is 3.25. The number of aromatic nitrogens is 1. The molecule has 1 aromatic carbocycles. The minimum Gasteiger partial charge on any atom is -0.347 e. The standard InChI is InChI=1S/C16H20BrFN2O2S/c1-10(2)8-20-9-11(7-19-23(21,22)12-3-4-12)13-5-15(18)14(17)6-16(13)20/h5-6,9-10,12,19H,3-4,7-8H2,1-2H3. The zero-order valence-electron chi connectivity index (χ0n) is 13.1. The maximum Gasteiger partial charge on any atom is 0.214 e. The van der Waals surface area contributed by atoms with E-state index in [9.17, 15) is 12.8 Å². The van der Waals surface area contributed by atoms with Crippen LogP contribution in [0.25, 0.3) is 10.9 Å². The van der Waals surface area contributed by atoms with Crippen LogP contribution in [-0.4, -0.2) is 18.2 Å². The Balaban J connectivity index is 1.96. The summed E-state index contributed by atoms with van der Waals surface area (Å²) in [7, 11) is -3.25. The van der Waals surface area contributed by atoms with Gasteiger partial charge in [0.1, 0.15) is 5.82 Å². The molecule has 0 spiro atoms. The van der Waals surface area contributed by atoms with Gasteiger partial charge in [0.15, 0.2) is 0 Å². The smallest absolute Gasteiger partial charge is 0.214 e. The number of halogens is 2. The molecule has 0 saturated heterocycles.